The minimum absolute atomic E-state index is 0.262. The van der Waals surface area contributed by atoms with E-state index in [0.717, 1.165) is 23.2 Å². The quantitative estimate of drug-likeness (QED) is 0.730. The molecule has 0 aliphatic heterocycles. The first kappa shape index (κ1) is 15.5. The molecule has 0 aliphatic rings. The van der Waals surface area contributed by atoms with E-state index >= 15 is 0 Å². The maximum atomic E-state index is 5.81. The molecule has 2 nitrogen and oxygen atoms in total. The van der Waals surface area contributed by atoms with Crippen molar-refractivity contribution in [3.63, 3.8) is 0 Å². The van der Waals surface area contributed by atoms with Crippen molar-refractivity contribution in [1.29, 1.82) is 0 Å². The zero-order chi connectivity index (χ0) is 13.6. The molecule has 0 aromatic heterocycles. The molecule has 0 radical (unpaired) electrons. The summed E-state index contributed by atoms with van der Waals surface area (Å²) in [6.45, 7) is 8.14. The molecule has 0 amide bonds. The molecule has 0 aliphatic carbocycles. The van der Waals surface area contributed by atoms with E-state index < -0.39 is 0 Å². The van der Waals surface area contributed by atoms with Crippen molar-refractivity contribution >= 4 is 15.9 Å². The van der Waals surface area contributed by atoms with Crippen molar-refractivity contribution in [3.05, 3.63) is 29.8 Å². The van der Waals surface area contributed by atoms with E-state index in [2.05, 4.69) is 42.8 Å². The van der Waals surface area contributed by atoms with Crippen LogP contribution in [0.3, 0.4) is 0 Å². The number of benzene rings is 1. The Balaban J connectivity index is 2.45. The Bertz CT molecular complexity index is 358. The highest BCUT2D eigenvalue weighted by molar-refractivity contribution is 9.09. The van der Waals surface area contributed by atoms with E-state index in [9.17, 15) is 0 Å². The number of hydrogen-bond acceptors (Lipinski definition) is 2. The number of halogens is 1. The first-order chi connectivity index (χ1) is 8.47. The molecular weight excluding hydrogens is 292 g/mol. The zero-order valence-corrected chi connectivity index (χ0v) is 13.3. The summed E-state index contributed by atoms with van der Waals surface area (Å²) in [5.74, 6) is 1.40. The van der Waals surface area contributed by atoms with Crippen molar-refractivity contribution < 1.29 is 9.47 Å². The van der Waals surface area contributed by atoms with Crippen molar-refractivity contribution in [1.82, 2.24) is 0 Å². The summed E-state index contributed by atoms with van der Waals surface area (Å²) in [5.41, 5.74) is 1.41. The molecule has 0 N–H and O–H groups in total. The number of methoxy groups -OCH3 is 1. The lowest BCUT2D eigenvalue weighted by Gasteiger charge is -2.28. The van der Waals surface area contributed by atoms with Crippen LogP contribution in [0.4, 0.5) is 0 Å². The van der Waals surface area contributed by atoms with Gasteiger partial charge in [0.15, 0.2) is 0 Å². The van der Waals surface area contributed by atoms with Gasteiger partial charge >= 0.3 is 0 Å². The Labute approximate surface area is 119 Å². The van der Waals surface area contributed by atoms with Crippen LogP contribution < -0.4 is 4.74 Å². The minimum atomic E-state index is 0.262. The third-order valence-electron chi connectivity index (χ3n) is 3.13. The molecule has 0 fully saturated rings. The van der Waals surface area contributed by atoms with Crippen LogP contribution in [-0.2, 0) is 11.3 Å². The normalized spacial score (nSPS) is 13.4. The highest BCUT2D eigenvalue weighted by Crippen LogP contribution is 2.28. The standard InChI is InChI=1S/C15H23BrO2/c1-15(2,3)13(9-16)11-18-10-12-6-5-7-14(8-12)17-4/h5-8,13H,9-11H2,1-4H3. The van der Waals surface area contributed by atoms with Gasteiger partial charge in [-0.05, 0) is 29.0 Å². The summed E-state index contributed by atoms with van der Waals surface area (Å²) in [7, 11) is 1.68. The predicted molar refractivity (Wildman–Crippen MR) is 79.4 cm³/mol. The van der Waals surface area contributed by atoms with Gasteiger partial charge in [-0.15, -0.1) is 0 Å². The monoisotopic (exact) mass is 314 g/mol. The highest BCUT2D eigenvalue weighted by Gasteiger charge is 2.23. The highest BCUT2D eigenvalue weighted by atomic mass is 79.9. The number of rotatable bonds is 6. The molecule has 0 saturated carbocycles. The predicted octanol–water partition coefficient (Wildman–Crippen LogP) is 4.27. The zero-order valence-electron chi connectivity index (χ0n) is 11.7. The van der Waals surface area contributed by atoms with Crippen molar-refractivity contribution in [2.75, 3.05) is 19.0 Å². The summed E-state index contributed by atoms with van der Waals surface area (Å²) >= 11 is 3.56. The summed E-state index contributed by atoms with van der Waals surface area (Å²) in [6.07, 6.45) is 0. The van der Waals surface area contributed by atoms with Gasteiger partial charge in [0.25, 0.3) is 0 Å². The molecule has 0 bridgehead atoms. The summed E-state index contributed by atoms with van der Waals surface area (Å²) < 4.78 is 11.0. The Morgan fingerprint density at radius 1 is 1.28 bits per heavy atom. The Kier molecular flexibility index (Phi) is 6.16. The van der Waals surface area contributed by atoms with Crippen LogP contribution in [0.15, 0.2) is 24.3 Å². The van der Waals surface area contributed by atoms with Gasteiger partial charge in [-0.2, -0.15) is 0 Å². The van der Waals surface area contributed by atoms with E-state index in [-0.39, 0.29) is 5.41 Å². The van der Waals surface area contributed by atoms with Crippen LogP contribution in [0, 0.1) is 11.3 Å². The van der Waals surface area contributed by atoms with Gasteiger partial charge < -0.3 is 9.47 Å². The summed E-state index contributed by atoms with van der Waals surface area (Å²) in [5, 5.41) is 0.967. The van der Waals surface area contributed by atoms with Crippen molar-refractivity contribution in [3.8, 4) is 5.75 Å². The van der Waals surface area contributed by atoms with E-state index in [1.807, 2.05) is 18.2 Å². The number of hydrogen-bond donors (Lipinski definition) is 0. The smallest absolute Gasteiger partial charge is 0.119 e. The average Bonchev–Trinajstić information content (AvgIpc) is 2.33. The molecule has 3 heteroatoms. The Hall–Kier alpha value is -0.540. The summed E-state index contributed by atoms with van der Waals surface area (Å²) in [6, 6.07) is 8.01. The van der Waals surface area contributed by atoms with Gasteiger partial charge in [0.1, 0.15) is 5.75 Å². The topological polar surface area (TPSA) is 18.5 Å². The molecule has 0 saturated heterocycles. The molecular formula is C15H23BrO2. The minimum Gasteiger partial charge on any atom is -0.497 e. The van der Waals surface area contributed by atoms with E-state index in [4.69, 9.17) is 9.47 Å². The second-order valence-electron chi connectivity index (χ2n) is 5.58. The van der Waals surface area contributed by atoms with Gasteiger partial charge in [0, 0.05) is 5.33 Å². The van der Waals surface area contributed by atoms with Gasteiger partial charge in [-0.25, -0.2) is 0 Å². The van der Waals surface area contributed by atoms with Gasteiger partial charge in [-0.3, -0.25) is 0 Å². The molecule has 18 heavy (non-hydrogen) atoms. The average molecular weight is 315 g/mol. The molecule has 1 aromatic rings. The van der Waals surface area contributed by atoms with Gasteiger partial charge in [0.2, 0.25) is 0 Å². The van der Waals surface area contributed by atoms with E-state index in [0.29, 0.717) is 12.5 Å². The fraction of sp³-hybridized carbons (Fsp3) is 0.600. The van der Waals surface area contributed by atoms with Crippen molar-refractivity contribution in [2.24, 2.45) is 11.3 Å². The second kappa shape index (κ2) is 7.15. The Morgan fingerprint density at radius 3 is 2.56 bits per heavy atom. The summed E-state index contributed by atoms with van der Waals surface area (Å²) in [4.78, 5) is 0. The SMILES string of the molecule is COc1cccc(COCC(CBr)C(C)(C)C)c1. The van der Waals surface area contributed by atoms with E-state index in [1.54, 1.807) is 7.11 Å². The van der Waals surface area contributed by atoms with Crippen LogP contribution in [0.5, 0.6) is 5.75 Å². The van der Waals surface area contributed by atoms with E-state index in [1.165, 1.54) is 0 Å². The number of alkyl halides is 1. The van der Waals surface area contributed by atoms with Crippen LogP contribution >= 0.6 is 15.9 Å². The van der Waals surface area contributed by atoms with Crippen LogP contribution in [0.25, 0.3) is 0 Å². The van der Waals surface area contributed by atoms with Gasteiger partial charge in [-0.1, -0.05) is 48.8 Å². The third-order valence-corrected chi connectivity index (χ3v) is 3.91. The second-order valence-corrected chi connectivity index (χ2v) is 6.23. The largest absolute Gasteiger partial charge is 0.497 e. The third kappa shape index (κ3) is 4.99. The molecule has 102 valence electrons. The number of ether oxygens (including phenoxy) is 2. The van der Waals surface area contributed by atoms with Crippen LogP contribution in [0.1, 0.15) is 26.3 Å². The molecule has 1 rings (SSSR count). The molecule has 1 unspecified atom stereocenters. The maximum absolute atomic E-state index is 5.81. The molecule has 1 atom stereocenters. The van der Waals surface area contributed by atoms with Crippen molar-refractivity contribution in [2.45, 2.75) is 27.4 Å². The fourth-order valence-corrected chi connectivity index (χ4v) is 2.77. The Morgan fingerprint density at radius 2 is 2.00 bits per heavy atom. The molecule has 1 aromatic carbocycles. The first-order valence-corrected chi connectivity index (χ1v) is 7.36. The van der Waals surface area contributed by atoms with Crippen LogP contribution in [-0.4, -0.2) is 19.0 Å². The lowest BCUT2D eigenvalue weighted by molar-refractivity contribution is 0.0564. The molecule has 0 heterocycles. The van der Waals surface area contributed by atoms with Gasteiger partial charge in [0.05, 0.1) is 20.3 Å². The molecule has 0 spiro atoms. The fourth-order valence-electron chi connectivity index (χ4n) is 1.61. The first-order valence-electron chi connectivity index (χ1n) is 6.24. The lowest BCUT2D eigenvalue weighted by atomic mass is 9.83. The maximum Gasteiger partial charge on any atom is 0.119 e. The van der Waals surface area contributed by atoms with Crippen LogP contribution in [0.2, 0.25) is 0 Å². The lowest BCUT2D eigenvalue weighted by Crippen LogP contribution is -2.26.